The quantitative estimate of drug-likeness (QED) is 0.614. The van der Waals surface area contributed by atoms with Gasteiger partial charge in [-0.15, -0.1) is 0 Å². The second kappa shape index (κ2) is 8.89. The Bertz CT molecular complexity index is 1130. The first kappa shape index (κ1) is 21.1. The van der Waals surface area contributed by atoms with Gasteiger partial charge < -0.3 is 14.7 Å². The Labute approximate surface area is 184 Å². The molecular weight excluding hydrogens is 421 g/mol. The van der Waals surface area contributed by atoms with Crippen LogP contribution in [-0.2, 0) is 0 Å². The van der Waals surface area contributed by atoms with Crippen LogP contribution in [0.3, 0.4) is 0 Å². The molecule has 8 heteroatoms. The first-order valence-corrected chi connectivity index (χ1v) is 10.4. The predicted molar refractivity (Wildman–Crippen MR) is 115 cm³/mol. The number of carbonyl (C=O) groups excluding carboxylic acids is 2. The first-order valence-electron chi connectivity index (χ1n) is 10.0. The van der Waals surface area contributed by atoms with Gasteiger partial charge in [-0.2, -0.15) is 0 Å². The molecule has 0 saturated carbocycles. The van der Waals surface area contributed by atoms with Gasteiger partial charge in [0.2, 0.25) is 0 Å². The number of piperidine rings is 1. The van der Waals surface area contributed by atoms with Crippen molar-refractivity contribution in [3.63, 3.8) is 0 Å². The Morgan fingerprint density at radius 3 is 2.84 bits per heavy atom. The lowest BCUT2D eigenvalue weighted by molar-refractivity contribution is 0.0696. The van der Waals surface area contributed by atoms with Gasteiger partial charge in [-0.25, -0.2) is 4.39 Å². The second-order valence-electron chi connectivity index (χ2n) is 7.60. The van der Waals surface area contributed by atoms with E-state index in [1.165, 1.54) is 12.1 Å². The summed E-state index contributed by atoms with van der Waals surface area (Å²) in [5.41, 5.74) is 1.71. The summed E-state index contributed by atoms with van der Waals surface area (Å²) >= 11 is 6.08. The molecule has 4 rings (SSSR count). The maximum Gasteiger partial charge on any atom is 0.277 e. The number of nitrogens with one attached hydrogen (secondary N) is 1. The summed E-state index contributed by atoms with van der Waals surface area (Å²) in [6.07, 6.45) is 1.57. The van der Waals surface area contributed by atoms with E-state index in [0.29, 0.717) is 35.1 Å². The molecule has 2 amide bonds. The van der Waals surface area contributed by atoms with Crippen molar-refractivity contribution < 1.29 is 18.5 Å². The van der Waals surface area contributed by atoms with Crippen LogP contribution >= 0.6 is 11.6 Å². The Morgan fingerprint density at radius 2 is 2.03 bits per heavy atom. The summed E-state index contributed by atoms with van der Waals surface area (Å²) in [6.45, 7) is 2.78. The number of hydrogen-bond acceptors (Lipinski definition) is 4. The van der Waals surface area contributed by atoms with Crippen molar-refractivity contribution in [3.05, 3.63) is 82.0 Å². The number of benzene rings is 2. The van der Waals surface area contributed by atoms with Crippen molar-refractivity contribution in [2.24, 2.45) is 0 Å². The summed E-state index contributed by atoms with van der Waals surface area (Å²) in [5.74, 6) is -0.634. The zero-order valence-electron chi connectivity index (χ0n) is 16.9. The maximum atomic E-state index is 13.6. The van der Waals surface area contributed by atoms with E-state index >= 15 is 0 Å². The van der Waals surface area contributed by atoms with Gasteiger partial charge in [0.15, 0.2) is 5.69 Å². The van der Waals surface area contributed by atoms with Crippen LogP contribution in [0, 0.1) is 12.7 Å². The van der Waals surface area contributed by atoms with Crippen LogP contribution in [-0.4, -0.2) is 35.0 Å². The average Bonchev–Trinajstić information content (AvgIpc) is 3.27. The maximum absolute atomic E-state index is 13.6. The second-order valence-corrected chi connectivity index (χ2v) is 8.01. The van der Waals surface area contributed by atoms with E-state index in [1.54, 1.807) is 48.2 Å². The van der Waals surface area contributed by atoms with E-state index in [2.05, 4.69) is 10.5 Å². The number of amides is 2. The Balaban J connectivity index is 1.46. The lowest BCUT2D eigenvalue weighted by Gasteiger charge is -2.32. The molecule has 0 aliphatic carbocycles. The van der Waals surface area contributed by atoms with Gasteiger partial charge >= 0.3 is 0 Å². The Kier molecular flexibility index (Phi) is 6.04. The number of hydrogen-bond donors (Lipinski definition) is 1. The summed E-state index contributed by atoms with van der Waals surface area (Å²) in [5, 5.41) is 7.02. The number of likely N-dealkylation sites (tertiary alicyclic amines) is 1. The number of nitrogens with zero attached hydrogens (tertiary/aromatic N) is 2. The molecule has 1 aliphatic heterocycles. The summed E-state index contributed by atoms with van der Waals surface area (Å²) in [7, 11) is 0. The Morgan fingerprint density at radius 1 is 1.23 bits per heavy atom. The highest BCUT2D eigenvalue weighted by molar-refractivity contribution is 6.33. The van der Waals surface area contributed by atoms with E-state index in [4.69, 9.17) is 16.1 Å². The van der Waals surface area contributed by atoms with Gasteiger partial charge in [0.1, 0.15) is 11.6 Å². The minimum Gasteiger partial charge on any atom is -0.360 e. The topological polar surface area (TPSA) is 75.4 Å². The van der Waals surface area contributed by atoms with Crippen molar-refractivity contribution >= 4 is 29.1 Å². The molecule has 0 bridgehead atoms. The Hall–Kier alpha value is -3.19. The molecule has 1 saturated heterocycles. The minimum absolute atomic E-state index is 0.0964. The fourth-order valence-corrected chi connectivity index (χ4v) is 3.91. The van der Waals surface area contributed by atoms with E-state index < -0.39 is 11.7 Å². The van der Waals surface area contributed by atoms with Crippen LogP contribution in [0.15, 0.2) is 53.1 Å². The van der Waals surface area contributed by atoms with Gasteiger partial charge in [0.05, 0.1) is 10.7 Å². The van der Waals surface area contributed by atoms with Crippen molar-refractivity contribution in [2.45, 2.75) is 25.7 Å². The molecule has 1 N–H and O–H groups in total. The zero-order valence-corrected chi connectivity index (χ0v) is 17.7. The van der Waals surface area contributed by atoms with Crippen LogP contribution in [0.4, 0.5) is 10.1 Å². The number of aromatic nitrogens is 1. The van der Waals surface area contributed by atoms with Crippen molar-refractivity contribution in [2.75, 3.05) is 18.4 Å². The monoisotopic (exact) mass is 441 g/mol. The van der Waals surface area contributed by atoms with Crippen LogP contribution in [0.2, 0.25) is 5.02 Å². The van der Waals surface area contributed by atoms with Gasteiger partial charge in [0, 0.05) is 30.6 Å². The third-order valence-electron chi connectivity index (χ3n) is 5.42. The first-order chi connectivity index (χ1) is 14.9. The summed E-state index contributed by atoms with van der Waals surface area (Å²) in [4.78, 5) is 27.1. The molecule has 1 unspecified atom stereocenters. The minimum atomic E-state index is -0.438. The number of aryl methyl sites for hydroxylation is 1. The van der Waals surface area contributed by atoms with Gasteiger partial charge in [0.25, 0.3) is 11.8 Å². The SMILES string of the molecule is Cc1ccc(F)cc1C(=O)N1CCCC(c2cc(C(=O)Nc3ccccc3Cl)no2)C1. The number of para-hydroxylation sites is 1. The van der Waals surface area contributed by atoms with Crippen LogP contribution < -0.4 is 5.32 Å². The molecule has 1 aromatic heterocycles. The highest BCUT2D eigenvalue weighted by Crippen LogP contribution is 2.29. The van der Waals surface area contributed by atoms with E-state index in [0.717, 1.165) is 18.4 Å². The van der Waals surface area contributed by atoms with Crippen molar-refractivity contribution in [1.82, 2.24) is 10.1 Å². The molecule has 0 spiro atoms. The standard InChI is InChI=1S/C23H21ClFN3O3/c1-14-8-9-16(25)11-17(14)23(30)28-10-4-5-15(13-28)21-12-20(27-31-21)22(29)26-19-7-3-2-6-18(19)24/h2-3,6-9,11-12,15H,4-5,10,13H2,1H3,(H,26,29). The van der Waals surface area contributed by atoms with E-state index in [-0.39, 0.29) is 17.5 Å². The third-order valence-corrected chi connectivity index (χ3v) is 5.75. The molecule has 31 heavy (non-hydrogen) atoms. The molecule has 2 aromatic carbocycles. The average molecular weight is 442 g/mol. The third kappa shape index (κ3) is 4.61. The molecule has 6 nitrogen and oxygen atoms in total. The highest BCUT2D eigenvalue weighted by Gasteiger charge is 2.29. The van der Waals surface area contributed by atoms with Crippen LogP contribution in [0.25, 0.3) is 0 Å². The van der Waals surface area contributed by atoms with Crippen molar-refractivity contribution in [3.8, 4) is 0 Å². The van der Waals surface area contributed by atoms with Crippen LogP contribution in [0.5, 0.6) is 0 Å². The molecule has 160 valence electrons. The van der Waals surface area contributed by atoms with Gasteiger partial charge in [-0.05, 0) is 49.6 Å². The lowest BCUT2D eigenvalue weighted by atomic mass is 9.94. The van der Waals surface area contributed by atoms with Gasteiger partial charge in [-0.3, -0.25) is 9.59 Å². The van der Waals surface area contributed by atoms with E-state index in [1.807, 2.05) is 0 Å². The molecule has 3 aromatic rings. The number of rotatable bonds is 4. The normalized spacial score (nSPS) is 16.2. The lowest BCUT2D eigenvalue weighted by Crippen LogP contribution is -2.39. The molecule has 1 fully saturated rings. The summed E-state index contributed by atoms with van der Waals surface area (Å²) < 4.78 is 19.1. The van der Waals surface area contributed by atoms with Gasteiger partial charge in [-0.1, -0.05) is 35.0 Å². The molecule has 1 atom stereocenters. The molecule has 0 radical (unpaired) electrons. The van der Waals surface area contributed by atoms with E-state index in [9.17, 15) is 14.0 Å². The summed E-state index contributed by atoms with van der Waals surface area (Å²) in [6, 6.07) is 12.7. The number of anilines is 1. The smallest absolute Gasteiger partial charge is 0.277 e. The van der Waals surface area contributed by atoms with Crippen molar-refractivity contribution in [1.29, 1.82) is 0 Å². The molecule has 1 aliphatic rings. The molecule has 2 heterocycles. The fraction of sp³-hybridized carbons (Fsp3) is 0.261. The number of halogens is 2. The number of carbonyl (C=O) groups is 2. The largest absolute Gasteiger partial charge is 0.360 e. The fourth-order valence-electron chi connectivity index (χ4n) is 3.73. The highest BCUT2D eigenvalue weighted by atomic mass is 35.5. The predicted octanol–water partition coefficient (Wildman–Crippen LogP) is 5.05. The zero-order chi connectivity index (χ0) is 22.0. The van der Waals surface area contributed by atoms with Crippen LogP contribution in [0.1, 0.15) is 50.9 Å². The molecular formula is C23H21ClFN3O3.